The molecule has 0 fully saturated rings. The van der Waals surface area contributed by atoms with Gasteiger partial charge in [-0.15, -0.1) is 0 Å². The highest BCUT2D eigenvalue weighted by Gasteiger charge is 2.12. The van der Waals surface area contributed by atoms with E-state index in [2.05, 4.69) is 10.4 Å². The van der Waals surface area contributed by atoms with Crippen LogP contribution in [0.3, 0.4) is 0 Å². The number of likely N-dealkylation sites (N-methyl/N-ethyl adjacent to an activating group) is 1. The molecule has 2 N–H and O–H groups in total. The van der Waals surface area contributed by atoms with Crippen LogP contribution in [-0.2, 0) is 6.54 Å². The number of hydrogen-bond donors (Lipinski definition) is 2. The average molecular weight is 240 g/mol. The Labute approximate surface area is 101 Å². The maximum absolute atomic E-state index is 11.8. The number of aliphatic hydroxyl groups is 1. The summed E-state index contributed by atoms with van der Waals surface area (Å²) < 4.78 is 1.62. The monoisotopic (exact) mass is 240 g/mol. The van der Waals surface area contributed by atoms with E-state index in [-0.39, 0.29) is 12.5 Å². The van der Waals surface area contributed by atoms with Gasteiger partial charge < -0.3 is 15.3 Å². The minimum absolute atomic E-state index is 0.206. The fourth-order valence-corrected chi connectivity index (χ4v) is 1.56. The van der Waals surface area contributed by atoms with Gasteiger partial charge in [0, 0.05) is 25.8 Å². The second-order valence-electron chi connectivity index (χ2n) is 4.16. The first kappa shape index (κ1) is 13.7. The molecule has 0 aromatic carbocycles. The first-order valence-corrected chi connectivity index (χ1v) is 5.67. The predicted octanol–water partition coefficient (Wildman–Crippen LogP) is -0.445. The number of aliphatic hydroxyl groups excluding tert-OH is 1. The molecule has 1 aromatic rings. The molecule has 96 valence electrons. The molecule has 1 amide bonds. The van der Waals surface area contributed by atoms with E-state index in [1.807, 2.05) is 25.9 Å². The van der Waals surface area contributed by atoms with Crippen molar-refractivity contribution in [2.75, 3.05) is 27.2 Å². The van der Waals surface area contributed by atoms with Crippen LogP contribution in [0, 0.1) is 0 Å². The van der Waals surface area contributed by atoms with Crippen LogP contribution < -0.4 is 5.32 Å². The van der Waals surface area contributed by atoms with Crippen molar-refractivity contribution >= 4 is 5.91 Å². The van der Waals surface area contributed by atoms with Crippen LogP contribution in [0.25, 0.3) is 0 Å². The van der Waals surface area contributed by atoms with E-state index in [1.54, 1.807) is 16.9 Å². The Morgan fingerprint density at radius 1 is 1.65 bits per heavy atom. The van der Waals surface area contributed by atoms with Gasteiger partial charge >= 0.3 is 0 Å². The first-order valence-electron chi connectivity index (χ1n) is 5.67. The molecule has 1 rings (SSSR count). The summed E-state index contributed by atoms with van der Waals surface area (Å²) in [7, 11) is 3.74. The van der Waals surface area contributed by atoms with E-state index in [0.29, 0.717) is 18.8 Å². The molecule has 1 atom stereocenters. The maximum Gasteiger partial charge on any atom is 0.269 e. The van der Waals surface area contributed by atoms with E-state index in [1.165, 1.54) is 0 Å². The topological polar surface area (TPSA) is 70.4 Å². The molecule has 0 saturated carbocycles. The fourth-order valence-electron chi connectivity index (χ4n) is 1.56. The standard InChI is InChI=1S/C11H20N4O2/c1-4-15-10(5-6-13-15)11(17)12-7-9(16)8-14(2)3/h5-6,9,16H,4,7-8H2,1-3H3,(H,12,17). The second kappa shape index (κ2) is 6.36. The normalized spacial score (nSPS) is 12.8. The van der Waals surface area contributed by atoms with E-state index in [0.717, 1.165) is 0 Å². The van der Waals surface area contributed by atoms with Gasteiger partial charge in [-0.25, -0.2) is 0 Å². The summed E-state index contributed by atoms with van der Waals surface area (Å²) in [5.74, 6) is -0.206. The molecular weight excluding hydrogens is 220 g/mol. The predicted molar refractivity (Wildman–Crippen MR) is 64.8 cm³/mol. The van der Waals surface area contributed by atoms with E-state index < -0.39 is 6.10 Å². The smallest absolute Gasteiger partial charge is 0.269 e. The van der Waals surface area contributed by atoms with Crippen LogP contribution >= 0.6 is 0 Å². The van der Waals surface area contributed by atoms with Gasteiger partial charge in [-0.3, -0.25) is 9.48 Å². The van der Waals surface area contributed by atoms with Gasteiger partial charge in [0.25, 0.3) is 5.91 Å². The zero-order chi connectivity index (χ0) is 12.8. The van der Waals surface area contributed by atoms with Gasteiger partial charge in [0.1, 0.15) is 5.69 Å². The molecule has 1 aromatic heterocycles. The van der Waals surface area contributed by atoms with Crippen LogP contribution in [0.15, 0.2) is 12.3 Å². The van der Waals surface area contributed by atoms with Crippen LogP contribution in [0.4, 0.5) is 0 Å². The Bertz CT molecular complexity index is 362. The van der Waals surface area contributed by atoms with Gasteiger partial charge in [-0.1, -0.05) is 0 Å². The number of aryl methyl sites for hydroxylation is 1. The van der Waals surface area contributed by atoms with Gasteiger partial charge in [0.05, 0.1) is 6.10 Å². The highest BCUT2D eigenvalue weighted by atomic mass is 16.3. The number of nitrogens with one attached hydrogen (secondary N) is 1. The Kier molecular flexibility index (Phi) is 5.11. The molecule has 6 nitrogen and oxygen atoms in total. The Balaban J connectivity index is 2.45. The third-order valence-electron chi connectivity index (χ3n) is 2.32. The molecule has 6 heteroatoms. The molecule has 0 saturated heterocycles. The zero-order valence-electron chi connectivity index (χ0n) is 10.6. The molecule has 0 aliphatic heterocycles. The summed E-state index contributed by atoms with van der Waals surface area (Å²) in [5, 5.41) is 16.3. The maximum atomic E-state index is 11.8. The number of carbonyl (C=O) groups excluding carboxylic acids is 1. The lowest BCUT2D eigenvalue weighted by molar-refractivity contribution is 0.0882. The van der Waals surface area contributed by atoms with Gasteiger partial charge in [0.2, 0.25) is 0 Å². The second-order valence-corrected chi connectivity index (χ2v) is 4.16. The third kappa shape index (κ3) is 4.16. The van der Waals surface area contributed by atoms with Crippen molar-refractivity contribution in [3.63, 3.8) is 0 Å². The first-order chi connectivity index (χ1) is 8.04. The Morgan fingerprint density at radius 2 is 2.35 bits per heavy atom. The van der Waals surface area contributed by atoms with Crippen molar-refractivity contribution in [1.82, 2.24) is 20.0 Å². The van der Waals surface area contributed by atoms with Crippen molar-refractivity contribution < 1.29 is 9.90 Å². The summed E-state index contributed by atoms with van der Waals surface area (Å²) in [6, 6.07) is 1.66. The quantitative estimate of drug-likeness (QED) is 0.707. The molecule has 0 spiro atoms. The number of nitrogens with zero attached hydrogens (tertiary/aromatic N) is 3. The molecule has 0 aliphatic carbocycles. The summed E-state index contributed by atoms with van der Waals surface area (Å²) >= 11 is 0. The largest absolute Gasteiger partial charge is 0.390 e. The van der Waals surface area contributed by atoms with Crippen molar-refractivity contribution in [3.8, 4) is 0 Å². The minimum Gasteiger partial charge on any atom is -0.390 e. The number of aromatic nitrogens is 2. The number of carbonyl (C=O) groups is 1. The molecular formula is C11H20N4O2. The lowest BCUT2D eigenvalue weighted by atomic mass is 10.3. The lowest BCUT2D eigenvalue weighted by Gasteiger charge is -2.16. The van der Waals surface area contributed by atoms with Crippen LogP contribution in [0.2, 0.25) is 0 Å². The van der Waals surface area contributed by atoms with E-state index in [4.69, 9.17) is 0 Å². The van der Waals surface area contributed by atoms with E-state index in [9.17, 15) is 9.90 Å². The zero-order valence-corrected chi connectivity index (χ0v) is 10.6. The number of hydrogen-bond acceptors (Lipinski definition) is 4. The Hall–Kier alpha value is -1.40. The Morgan fingerprint density at radius 3 is 2.94 bits per heavy atom. The summed E-state index contributed by atoms with van der Waals surface area (Å²) in [4.78, 5) is 13.6. The van der Waals surface area contributed by atoms with Gasteiger partial charge in [0.15, 0.2) is 0 Å². The SMILES string of the molecule is CCn1nccc1C(=O)NCC(O)CN(C)C. The molecule has 0 aliphatic rings. The molecule has 1 unspecified atom stereocenters. The highest BCUT2D eigenvalue weighted by Crippen LogP contribution is 1.98. The summed E-state index contributed by atoms with van der Waals surface area (Å²) in [5.41, 5.74) is 0.518. The number of rotatable bonds is 6. The van der Waals surface area contributed by atoms with Crippen molar-refractivity contribution in [2.24, 2.45) is 0 Å². The number of amides is 1. The minimum atomic E-state index is -0.563. The van der Waals surface area contributed by atoms with Crippen LogP contribution in [-0.4, -0.2) is 59.0 Å². The summed E-state index contributed by atoms with van der Waals surface area (Å²) in [6.45, 7) is 3.33. The lowest BCUT2D eigenvalue weighted by Crippen LogP contribution is -2.38. The van der Waals surface area contributed by atoms with Crippen LogP contribution in [0.1, 0.15) is 17.4 Å². The third-order valence-corrected chi connectivity index (χ3v) is 2.32. The van der Waals surface area contributed by atoms with Crippen molar-refractivity contribution in [3.05, 3.63) is 18.0 Å². The molecule has 0 radical (unpaired) electrons. The summed E-state index contributed by atoms with van der Waals surface area (Å²) in [6.07, 6.45) is 1.03. The van der Waals surface area contributed by atoms with Crippen molar-refractivity contribution in [2.45, 2.75) is 19.6 Å². The molecule has 17 heavy (non-hydrogen) atoms. The van der Waals surface area contributed by atoms with Crippen LogP contribution in [0.5, 0.6) is 0 Å². The average Bonchev–Trinajstić information content (AvgIpc) is 2.72. The molecule has 1 heterocycles. The molecule has 0 bridgehead atoms. The van der Waals surface area contributed by atoms with Gasteiger partial charge in [-0.2, -0.15) is 5.10 Å². The van der Waals surface area contributed by atoms with E-state index >= 15 is 0 Å². The fraction of sp³-hybridized carbons (Fsp3) is 0.636. The van der Waals surface area contributed by atoms with Gasteiger partial charge in [-0.05, 0) is 27.1 Å². The van der Waals surface area contributed by atoms with Crippen molar-refractivity contribution in [1.29, 1.82) is 0 Å². The highest BCUT2D eigenvalue weighted by molar-refractivity contribution is 5.92.